The molecule has 0 radical (unpaired) electrons. The van der Waals surface area contributed by atoms with Crippen molar-refractivity contribution in [2.45, 2.75) is 0 Å². The first-order valence-corrected chi connectivity index (χ1v) is 20.3. The molecule has 2 heterocycles. The lowest BCUT2D eigenvalue weighted by Gasteiger charge is -2.26. The molecule has 0 aliphatic heterocycles. The summed E-state index contributed by atoms with van der Waals surface area (Å²) in [7, 11) is 0. The van der Waals surface area contributed by atoms with Gasteiger partial charge >= 0.3 is 0 Å². The minimum Gasteiger partial charge on any atom is -0.310 e. The Labute approximate surface area is 341 Å². The van der Waals surface area contributed by atoms with Gasteiger partial charge in [-0.1, -0.05) is 146 Å². The van der Waals surface area contributed by atoms with Crippen LogP contribution >= 0.6 is 0 Å². The molecular formula is C56H37N3. The standard InChI is InChI=1S/C56H37N3/c1-2-12-38(13-3-1)41-22-26-45(27-23-41)58-53-21-11-9-19-51(53)55-54(58)35-34-50-49-18-8-10-20-52(49)59(56(50)55)46-32-30-44(31-33-46)57(47-28-24-39-14-4-6-16-42(39)36-47)48-29-25-40-15-5-7-17-43(40)37-48/h1-37H. The van der Waals surface area contributed by atoms with Crippen LogP contribution in [0.3, 0.4) is 0 Å². The molecule has 12 rings (SSSR count). The van der Waals surface area contributed by atoms with E-state index in [1.165, 1.54) is 76.3 Å². The fourth-order valence-corrected chi connectivity index (χ4v) is 9.32. The Hall–Kier alpha value is -7.88. The molecule has 2 aromatic heterocycles. The maximum Gasteiger partial charge on any atom is 0.0641 e. The Balaban J connectivity index is 1.05. The number of fused-ring (bicyclic) bond motifs is 9. The molecule has 0 atom stereocenters. The SMILES string of the molecule is c1ccc(-c2ccc(-n3c4ccccc4c4c3ccc3c5ccccc5n(-c5ccc(N(c6ccc7ccccc7c6)c6ccc7ccccc7c6)cc5)c34)cc2)cc1. The third-order valence-electron chi connectivity index (χ3n) is 12.1. The minimum atomic E-state index is 1.10. The van der Waals surface area contributed by atoms with Crippen LogP contribution in [0, 0.1) is 0 Å². The van der Waals surface area contributed by atoms with E-state index in [0.29, 0.717) is 0 Å². The third kappa shape index (κ3) is 5.36. The van der Waals surface area contributed by atoms with Crippen molar-refractivity contribution in [3.8, 4) is 22.5 Å². The maximum absolute atomic E-state index is 2.47. The van der Waals surface area contributed by atoms with Crippen molar-refractivity contribution in [1.29, 1.82) is 0 Å². The number of nitrogens with zero attached hydrogens (tertiary/aromatic N) is 3. The molecule has 0 N–H and O–H groups in total. The largest absolute Gasteiger partial charge is 0.310 e. The van der Waals surface area contributed by atoms with Crippen molar-refractivity contribution >= 4 is 82.2 Å². The highest BCUT2D eigenvalue weighted by Crippen LogP contribution is 2.43. The van der Waals surface area contributed by atoms with Gasteiger partial charge in [0.05, 0.1) is 22.1 Å². The molecule has 0 aliphatic carbocycles. The summed E-state index contributed by atoms with van der Waals surface area (Å²) in [4.78, 5) is 2.38. The van der Waals surface area contributed by atoms with Gasteiger partial charge < -0.3 is 14.0 Å². The van der Waals surface area contributed by atoms with Crippen molar-refractivity contribution in [3.63, 3.8) is 0 Å². The quantitative estimate of drug-likeness (QED) is 0.165. The zero-order valence-corrected chi connectivity index (χ0v) is 32.2. The summed E-state index contributed by atoms with van der Waals surface area (Å²) in [6.07, 6.45) is 0. The van der Waals surface area contributed by atoms with E-state index < -0.39 is 0 Å². The zero-order valence-electron chi connectivity index (χ0n) is 32.2. The summed E-state index contributed by atoms with van der Waals surface area (Å²) in [6, 6.07) is 81.7. The molecular weight excluding hydrogens is 715 g/mol. The maximum atomic E-state index is 2.47. The highest BCUT2D eigenvalue weighted by Gasteiger charge is 2.21. The second-order valence-electron chi connectivity index (χ2n) is 15.4. The number of rotatable bonds is 6. The summed E-state index contributed by atoms with van der Waals surface area (Å²) in [5.74, 6) is 0. The summed E-state index contributed by atoms with van der Waals surface area (Å²) in [5, 5.41) is 9.86. The topological polar surface area (TPSA) is 13.1 Å². The van der Waals surface area contributed by atoms with Gasteiger partial charge in [-0.25, -0.2) is 0 Å². The smallest absolute Gasteiger partial charge is 0.0641 e. The van der Waals surface area contributed by atoms with Gasteiger partial charge in [-0.2, -0.15) is 0 Å². The lowest BCUT2D eigenvalue weighted by molar-refractivity contribution is 1.17. The van der Waals surface area contributed by atoms with Crippen LogP contribution in [0.25, 0.3) is 87.7 Å². The molecule has 0 saturated carbocycles. The minimum absolute atomic E-state index is 1.10. The number of aromatic nitrogens is 2. The number of benzene rings is 10. The normalized spacial score (nSPS) is 11.7. The van der Waals surface area contributed by atoms with Crippen molar-refractivity contribution < 1.29 is 0 Å². The predicted molar refractivity (Wildman–Crippen MR) is 250 cm³/mol. The van der Waals surface area contributed by atoms with E-state index in [9.17, 15) is 0 Å². The van der Waals surface area contributed by atoms with Crippen LogP contribution in [-0.4, -0.2) is 9.13 Å². The molecule has 0 amide bonds. The molecule has 59 heavy (non-hydrogen) atoms. The fourth-order valence-electron chi connectivity index (χ4n) is 9.32. The molecule has 3 nitrogen and oxygen atoms in total. The molecule has 0 spiro atoms. The monoisotopic (exact) mass is 751 g/mol. The van der Waals surface area contributed by atoms with Gasteiger partial charge in [-0.15, -0.1) is 0 Å². The second kappa shape index (κ2) is 13.4. The molecule has 12 aromatic rings. The van der Waals surface area contributed by atoms with Crippen LogP contribution in [-0.2, 0) is 0 Å². The van der Waals surface area contributed by atoms with Crippen molar-refractivity contribution in [3.05, 3.63) is 224 Å². The lowest BCUT2D eigenvalue weighted by atomic mass is 10.1. The number of hydrogen-bond acceptors (Lipinski definition) is 1. The van der Waals surface area contributed by atoms with E-state index in [4.69, 9.17) is 0 Å². The lowest BCUT2D eigenvalue weighted by Crippen LogP contribution is -2.10. The first-order valence-electron chi connectivity index (χ1n) is 20.3. The number of hydrogen-bond donors (Lipinski definition) is 0. The van der Waals surface area contributed by atoms with Gasteiger partial charge in [0.15, 0.2) is 0 Å². The second-order valence-corrected chi connectivity index (χ2v) is 15.4. The summed E-state index contributed by atoms with van der Waals surface area (Å²) >= 11 is 0. The first-order chi connectivity index (χ1) is 29.3. The summed E-state index contributed by atoms with van der Waals surface area (Å²) < 4.78 is 4.90. The van der Waals surface area contributed by atoms with E-state index in [2.05, 4.69) is 238 Å². The highest BCUT2D eigenvalue weighted by atomic mass is 15.1. The predicted octanol–water partition coefficient (Wildman–Crippen LogP) is 15.3. The van der Waals surface area contributed by atoms with E-state index in [-0.39, 0.29) is 0 Å². The average molecular weight is 752 g/mol. The molecule has 10 aromatic carbocycles. The molecule has 0 fully saturated rings. The zero-order chi connectivity index (χ0) is 38.9. The van der Waals surface area contributed by atoms with Crippen LogP contribution in [0.4, 0.5) is 17.1 Å². The fraction of sp³-hybridized carbons (Fsp3) is 0. The van der Waals surface area contributed by atoms with Gasteiger partial charge in [0.25, 0.3) is 0 Å². The summed E-state index contributed by atoms with van der Waals surface area (Å²) in [5.41, 5.74) is 12.8. The van der Waals surface area contributed by atoms with Crippen LogP contribution in [0.1, 0.15) is 0 Å². The summed E-state index contributed by atoms with van der Waals surface area (Å²) in [6.45, 7) is 0. The average Bonchev–Trinajstić information content (AvgIpc) is 3.83. The molecule has 0 saturated heterocycles. The van der Waals surface area contributed by atoms with Crippen LogP contribution in [0.5, 0.6) is 0 Å². The first kappa shape index (κ1) is 33.3. The Morgan fingerprint density at radius 3 is 1.44 bits per heavy atom. The van der Waals surface area contributed by atoms with Gasteiger partial charge in [0.2, 0.25) is 0 Å². The van der Waals surface area contributed by atoms with Crippen molar-refractivity contribution in [1.82, 2.24) is 9.13 Å². The number of para-hydroxylation sites is 2. The third-order valence-corrected chi connectivity index (χ3v) is 12.1. The van der Waals surface area contributed by atoms with Crippen LogP contribution < -0.4 is 4.90 Å². The molecule has 0 bridgehead atoms. The van der Waals surface area contributed by atoms with E-state index in [1.807, 2.05) is 0 Å². The molecule has 3 heteroatoms. The van der Waals surface area contributed by atoms with E-state index in [1.54, 1.807) is 0 Å². The van der Waals surface area contributed by atoms with Gasteiger partial charge in [-0.3, -0.25) is 0 Å². The van der Waals surface area contributed by atoms with Crippen molar-refractivity contribution in [2.75, 3.05) is 4.90 Å². The van der Waals surface area contributed by atoms with Crippen LogP contribution in [0.15, 0.2) is 224 Å². The van der Waals surface area contributed by atoms with E-state index in [0.717, 1.165) is 28.4 Å². The molecule has 276 valence electrons. The Kier molecular flexibility index (Phi) is 7.54. The van der Waals surface area contributed by atoms with Gasteiger partial charge in [0.1, 0.15) is 0 Å². The Bertz CT molecular complexity index is 3460. The van der Waals surface area contributed by atoms with Crippen LogP contribution in [0.2, 0.25) is 0 Å². The molecule has 0 unspecified atom stereocenters. The molecule has 0 aliphatic rings. The van der Waals surface area contributed by atoms with E-state index >= 15 is 0 Å². The van der Waals surface area contributed by atoms with Crippen molar-refractivity contribution in [2.24, 2.45) is 0 Å². The van der Waals surface area contributed by atoms with Gasteiger partial charge in [0, 0.05) is 50.0 Å². The highest BCUT2D eigenvalue weighted by molar-refractivity contribution is 6.26. The van der Waals surface area contributed by atoms with Gasteiger partial charge in [-0.05, 0) is 112 Å². The Morgan fingerprint density at radius 1 is 0.288 bits per heavy atom. The Morgan fingerprint density at radius 2 is 0.780 bits per heavy atom. The number of anilines is 3.